The van der Waals surface area contributed by atoms with Gasteiger partial charge in [0.1, 0.15) is 10.6 Å². The van der Waals surface area contributed by atoms with Gasteiger partial charge in [-0.15, -0.1) is 0 Å². The van der Waals surface area contributed by atoms with E-state index < -0.39 is 10.0 Å². The molecule has 0 radical (unpaired) electrons. The van der Waals surface area contributed by atoms with E-state index >= 15 is 0 Å². The molecule has 3 rings (SSSR count). The molecule has 0 bridgehead atoms. The lowest BCUT2D eigenvalue weighted by molar-refractivity contribution is 0.102. The molecule has 0 unspecified atom stereocenters. The Morgan fingerprint density at radius 2 is 1.83 bits per heavy atom. The SMILES string of the molecule is CCOc1ccc(NC(=O)c2cccc(N(C)C)c2)cc1S(=O)(=O)N1CCCCC1. The van der Waals surface area contributed by atoms with Crippen molar-refractivity contribution in [2.24, 2.45) is 0 Å². The second-order valence-corrected chi connectivity index (χ2v) is 9.36. The van der Waals surface area contributed by atoms with E-state index in [1.165, 1.54) is 10.4 Å². The zero-order valence-electron chi connectivity index (χ0n) is 17.7. The number of hydrogen-bond donors (Lipinski definition) is 1. The number of anilines is 2. The van der Waals surface area contributed by atoms with Gasteiger partial charge in [-0.05, 0) is 56.2 Å². The van der Waals surface area contributed by atoms with Crippen molar-refractivity contribution in [1.82, 2.24) is 4.31 Å². The van der Waals surface area contributed by atoms with Crippen molar-refractivity contribution >= 4 is 27.3 Å². The van der Waals surface area contributed by atoms with Crippen LogP contribution >= 0.6 is 0 Å². The first-order valence-electron chi connectivity index (χ1n) is 10.2. The maximum atomic E-state index is 13.2. The van der Waals surface area contributed by atoms with E-state index in [1.807, 2.05) is 38.1 Å². The molecule has 1 heterocycles. The number of carbonyl (C=O) groups is 1. The number of piperidine rings is 1. The lowest BCUT2D eigenvalue weighted by Gasteiger charge is -2.27. The van der Waals surface area contributed by atoms with Gasteiger partial charge < -0.3 is 15.0 Å². The highest BCUT2D eigenvalue weighted by Gasteiger charge is 2.29. The van der Waals surface area contributed by atoms with Crippen molar-refractivity contribution in [3.8, 4) is 5.75 Å². The number of rotatable bonds is 7. The van der Waals surface area contributed by atoms with Gasteiger partial charge in [-0.1, -0.05) is 12.5 Å². The van der Waals surface area contributed by atoms with Gasteiger partial charge in [0.25, 0.3) is 5.91 Å². The summed E-state index contributed by atoms with van der Waals surface area (Å²) in [5.41, 5.74) is 1.81. The predicted molar refractivity (Wildman–Crippen MR) is 119 cm³/mol. The molecule has 8 heteroatoms. The molecule has 162 valence electrons. The minimum atomic E-state index is -3.71. The fourth-order valence-corrected chi connectivity index (χ4v) is 5.11. The molecule has 0 atom stereocenters. The van der Waals surface area contributed by atoms with Crippen molar-refractivity contribution in [3.05, 3.63) is 48.0 Å². The number of hydrogen-bond acceptors (Lipinski definition) is 5. The van der Waals surface area contributed by atoms with Crippen LogP contribution in [0.1, 0.15) is 36.5 Å². The van der Waals surface area contributed by atoms with Crippen molar-refractivity contribution in [2.45, 2.75) is 31.1 Å². The lowest BCUT2D eigenvalue weighted by atomic mass is 10.1. The zero-order chi connectivity index (χ0) is 21.7. The fraction of sp³-hybridized carbons (Fsp3) is 0.409. The smallest absolute Gasteiger partial charge is 0.255 e. The van der Waals surface area contributed by atoms with Crippen LogP contribution < -0.4 is 15.0 Å². The molecule has 1 fully saturated rings. The molecule has 1 aliphatic heterocycles. The van der Waals surface area contributed by atoms with Crippen LogP contribution in [0.25, 0.3) is 0 Å². The predicted octanol–water partition coefficient (Wildman–Crippen LogP) is 3.58. The Balaban J connectivity index is 1.90. The van der Waals surface area contributed by atoms with E-state index in [2.05, 4.69) is 5.32 Å². The summed E-state index contributed by atoms with van der Waals surface area (Å²) in [4.78, 5) is 14.7. The fourth-order valence-electron chi connectivity index (χ4n) is 3.44. The quantitative estimate of drug-likeness (QED) is 0.725. The van der Waals surface area contributed by atoms with E-state index in [4.69, 9.17) is 4.74 Å². The van der Waals surface area contributed by atoms with Crippen LogP contribution in [0.4, 0.5) is 11.4 Å². The van der Waals surface area contributed by atoms with Crippen LogP contribution in [0.15, 0.2) is 47.4 Å². The number of benzene rings is 2. The van der Waals surface area contributed by atoms with Crippen LogP contribution in [-0.2, 0) is 10.0 Å². The molecular weight excluding hydrogens is 402 g/mol. The van der Waals surface area contributed by atoms with Gasteiger partial charge in [-0.2, -0.15) is 4.31 Å². The Labute approximate surface area is 178 Å². The zero-order valence-corrected chi connectivity index (χ0v) is 18.5. The highest BCUT2D eigenvalue weighted by Crippen LogP contribution is 2.31. The highest BCUT2D eigenvalue weighted by molar-refractivity contribution is 7.89. The van der Waals surface area contributed by atoms with Crippen LogP contribution in [-0.4, -0.2) is 52.4 Å². The Morgan fingerprint density at radius 1 is 1.10 bits per heavy atom. The van der Waals surface area contributed by atoms with Gasteiger partial charge in [-0.25, -0.2) is 8.42 Å². The van der Waals surface area contributed by atoms with E-state index in [9.17, 15) is 13.2 Å². The van der Waals surface area contributed by atoms with Crippen LogP contribution in [0, 0.1) is 0 Å². The van der Waals surface area contributed by atoms with Crippen LogP contribution in [0.2, 0.25) is 0 Å². The van der Waals surface area contributed by atoms with Crippen LogP contribution in [0.3, 0.4) is 0 Å². The maximum Gasteiger partial charge on any atom is 0.255 e. The largest absolute Gasteiger partial charge is 0.492 e. The molecule has 2 aromatic carbocycles. The molecule has 2 aromatic rings. The summed E-state index contributed by atoms with van der Waals surface area (Å²) >= 11 is 0. The Morgan fingerprint density at radius 3 is 2.50 bits per heavy atom. The minimum Gasteiger partial charge on any atom is -0.492 e. The first kappa shape index (κ1) is 22.1. The first-order chi connectivity index (χ1) is 14.3. The third-order valence-electron chi connectivity index (χ3n) is 5.06. The molecule has 0 spiro atoms. The van der Waals surface area contributed by atoms with Crippen molar-refractivity contribution in [3.63, 3.8) is 0 Å². The second-order valence-electron chi connectivity index (χ2n) is 7.46. The molecule has 0 aromatic heterocycles. The number of carbonyl (C=O) groups excluding carboxylic acids is 1. The van der Waals surface area contributed by atoms with E-state index in [0.29, 0.717) is 36.7 Å². The molecule has 1 saturated heterocycles. The maximum absolute atomic E-state index is 13.2. The minimum absolute atomic E-state index is 0.0890. The number of ether oxygens (including phenoxy) is 1. The topological polar surface area (TPSA) is 79.0 Å². The molecular formula is C22H29N3O4S. The Kier molecular flexibility index (Phi) is 6.99. The van der Waals surface area contributed by atoms with Gasteiger partial charge in [-0.3, -0.25) is 4.79 Å². The number of nitrogens with one attached hydrogen (secondary N) is 1. The molecule has 1 amide bonds. The summed E-state index contributed by atoms with van der Waals surface area (Å²) in [5, 5.41) is 2.81. The molecule has 30 heavy (non-hydrogen) atoms. The molecule has 1 N–H and O–H groups in total. The number of nitrogens with zero attached hydrogens (tertiary/aromatic N) is 2. The molecule has 7 nitrogen and oxygen atoms in total. The monoisotopic (exact) mass is 431 g/mol. The number of sulfonamides is 1. The lowest BCUT2D eigenvalue weighted by Crippen LogP contribution is -2.35. The molecule has 0 saturated carbocycles. The summed E-state index contributed by atoms with van der Waals surface area (Å²) in [5.74, 6) is -0.000132. The summed E-state index contributed by atoms with van der Waals surface area (Å²) < 4.78 is 33.6. The van der Waals surface area contributed by atoms with Gasteiger partial charge in [0.15, 0.2) is 0 Å². The normalized spacial score (nSPS) is 14.9. The highest BCUT2D eigenvalue weighted by atomic mass is 32.2. The average Bonchev–Trinajstić information content (AvgIpc) is 2.75. The summed E-state index contributed by atoms with van der Waals surface area (Å²) in [7, 11) is 0.103. The van der Waals surface area contributed by atoms with Crippen LogP contribution in [0.5, 0.6) is 5.75 Å². The third kappa shape index (κ3) is 4.94. The van der Waals surface area contributed by atoms with E-state index in [1.54, 1.807) is 24.3 Å². The Hall–Kier alpha value is -2.58. The molecule has 1 aliphatic rings. The third-order valence-corrected chi connectivity index (χ3v) is 6.98. The standard InChI is InChI=1S/C22H29N3O4S/c1-4-29-20-12-11-18(16-21(20)30(27,28)25-13-6-5-7-14-25)23-22(26)17-9-8-10-19(15-17)24(2)3/h8-12,15-16H,4-7,13-14H2,1-3H3,(H,23,26). The number of amides is 1. The van der Waals surface area contributed by atoms with Gasteiger partial charge in [0.05, 0.1) is 6.61 Å². The summed E-state index contributed by atoms with van der Waals surface area (Å²) in [6.45, 7) is 3.17. The van der Waals surface area contributed by atoms with Gasteiger partial charge in [0.2, 0.25) is 10.0 Å². The van der Waals surface area contributed by atoms with Crippen molar-refractivity contribution < 1.29 is 17.9 Å². The first-order valence-corrected chi connectivity index (χ1v) is 11.6. The molecule has 0 aliphatic carbocycles. The van der Waals surface area contributed by atoms with E-state index in [0.717, 1.165) is 24.9 Å². The van der Waals surface area contributed by atoms with Crippen molar-refractivity contribution in [1.29, 1.82) is 0 Å². The summed E-state index contributed by atoms with van der Waals surface area (Å²) in [6, 6.07) is 12.0. The summed E-state index contributed by atoms with van der Waals surface area (Å²) in [6.07, 6.45) is 2.73. The van der Waals surface area contributed by atoms with Gasteiger partial charge in [0, 0.05) is 44.1 Å². The average molecular weight is 432 g/mol. The second kappa shape index (κ2) is 9.49. The van der Waals surface area contributed by atoms with Gasteiger partial charge >= 0.3 is 0 Å². The Bertz CT molecular complexity index is 999. The van der Waals surface area contributed by atoms with Crippen molar-refractivity contribution in [2.75, 3.05) is 44.0 Å². The van der Waals surface area contributed by atoms with E-state index in [-0.39, 0.29) is 10.8 Å².